The Bertz CT molecular complexity index is 1590. The molecule has 3 aromatic carbocycles. The van der Waals surface area contributed by atoms with Gasteiger partial charge < -0.3 is 44.9 Å². The molecule has 0 unspecified atom stereocenters. The molecule has 274 valence electrons. The van der Waals surface area contributed by atoms with Crippen molar-refractivity contribution in [1.29, 1.82) is 0 Å². The number of ether oxygens (including phenoxy) is 4. The zero-order valence-corrected chi connectivity index (χ0v) is 29.0. The molecule has 0 saturated carbocycles. The second-order valence-electron chi connectivity index (χ2n) is 13.8. The largest absolute Gasteiger partial charge is 0.492 e. The van der Waals surface area contributed by atoms with Crippen molar-refractivity contribution in [3.63, 3.8) is 0 Å². The Morgan fingerprint density at radius 1 is 0.941 bits per heavy atom. The van der Waals surface area contributed by atoms with E-state index in [0.717, 1.165) is 36.3 Å². The van der Waals surface area contributed by atoms with Crippen LogP contribution in [0.15, 0.2) is 78.9 Å². The molecular formula is C39H49N3O9. The molecule has 12 nitrogen and oxygen atoms in total. The maximum absolute atomic E-state index is 14.5. The van der Waals surface area contributed by atoms with Crippen LogP contribution >= 0.6 is 0 Å². The summed E-state index contributed by atoms with van der Waals surface area (Å²) in [5, 5.41) is 38.9. The fraction of sp³-hybridized carbons (Fsp3) is 0.487. The normalized spacial score (nSPS) is 24.2. The summed E-state index contributed by atoms with van der Waals surface area (Å²) in [4.78, 5) is 29.9. The van der Waals surface area contributed by atoms with Crippen LogP contribution < -0.4 is 15.4 Å². The minimum atomic E-state index is -1.31. The number of fused-ring (bicyclic) bond motifs is 1. The number of carbonyl (C=O) groups excluding carboxylic acids is 2. The molecule has 0 radical (unpaired) electrons. The van der Waals surface area contributed by atoms with Crippen LogP contribution in [0.2, 0.25) is 0 Å². The van der Waals surface area contributed by atoms with Gasteiger partial charge >= 0.3 is 6.09 Å². The van der Waals surface area contributed by atoms with Crippen LogP contribution in [0.1, 0.15) is 41.6 Å². The van der Waals surface area contributed by atoms with E-state index in [1.807, 2.05) is 78.9 Å². The number of alkyl carbamates (subject to hydrolysis) is 1. The van der Waals surface area contributed by atoms with Crippen LogP contribution in [0, 0.1) is 0 Å². The number of hydrogen-bond donors (Lipinski definition) is 5. The topological polar surface area (TPSA) is 159 Å². The van der Waals surface area contributed by atoms with E-state index in [4.69, 9.17) is 18.9 Å². The van der Waals surface area contributed by atoms with Crippen LogP contribution in [0.5, 0.6) is 5.75 Å². The first-order valence-electron chi connectivity index (χ1n) is 17.7. The molecule has 2 saturated heterocycles. The van der Waals surface area contributed by atoms with E-state index < -0.39 is 48.0 Å². The van der Waals surface area contributed by atoms with E-state index in [1.165, 1.54) is 0 Å². The van der Waals surface area contributed by atoms with E-state index >= 15 is 0 Å². The molecule has 5 N–H and O–H groups in total. The zero-order valence-electron chi connectivity index (χ0n) is 29.0. The Morgan fingerprint density at radius 2 is 1.67 bits per heavy atom. The van der Waals surface area contributed by atoms with Crippen LogP contribution in [-0.4, -0.2) is 115 Å². The molecule has 0 spiro atoms. The van der Waals surface area contributed by atoms with Gasteiger partial charge in [0.05, 0.1) is 56.1 Å². The summed E-state index contributed by atoms with van der Waals surface area (Å²) in [5.74, 6) is 0.274. The Labute approximate surface area is 298 Å². The highest BCUT2D eigenvalue weighted by Crippen LogP contribution is 2.36. The lowest BCUT2D eigenvalue weighted by molar-refractivity contribution is -0.129. The van der Waals surface area contributed by atoms with Crippen molar-refractivity contribution in [2.45, 2.75) is 68.1 Å². The van der Waals surface area contributed by atoms with Gasteiger partial charge in [-0.05, 0) is 54.2 Å². The maximum atomic E-state index is 14.5. The van der Waals surface area contributed by atoms with E-state index in [0.29, 0.717) is 37.6 Å². The predicted octanol–water partition coefficient (Wildman–Crippen LogP) is 2.28. The zero-order chi connectivity index (χ0) is 35.8. The van der Waals surface area contributed by atoms with Crippen molar-refractivity contribution in [2.75, 3.05) is 52.7 Å². The Morgan fingerprint density at radius 3 is 2.39 bits per heavy atom. The fourth-order valence-corrected chi connectivity index (χ4v) is 7.10. The van der Waals surface area contributed by atoms with Crippen LogP contribution in [0.25, 0.3) is 0 Å². The Kier molecular flexibility index (Phi) is 12.2. The second kappa shape index (κ2) is 17.0. The van der Waals surface area contributed by atoms with Crippen molar-refractivity contribution < 1.29 is 43.9 Å². The molecule has 3 aromatic rings. The van der Waals surface area contributed by atoms with Gasteiger partial charge in [0.2, 0.25) is 5.91 Å². The molecule has 3 aliphatic rings. The minimum absolute atomic E-state index is 0.0688. The van der Waals surface area contributed by atoms with E-state index in [2.05, 4.69) is 15.5 Å². The molecule has 0 aromatic heterocycles. The van der Waals surface area contributed by atoms with Crippen LogP contribution in [0.4, 0.5) is 4.79 Å². The quantitative estimate of drug-likeness (QED) is 0.169. The summed E-state index contributed by atoms with van der Waals surface area (Å²) in [6.07, 6.45) is -4.00. The average Bonchev–Trinajstić information content (AvgIpc) is 3.69. The van der Waals surface area contributed by atoms with Gasteiger partial charge in [0.25, 0.3) is 0 Å². The molecule has 2 aliphatic heterocycles. The number of aliphatic hydroxyl groups excluding tert-OH is 3. The first-order chi connectivity index (χ1) is 24.7. The number of morpholine rings is 1. The third kappa shape index (κ3) is 9.26. The third-order valence-corrected chi connectivity index (χ3v) is 10.2. The molecule has 0 bridgehead atoms. The minimum Gasteiger partial charge on any atom is -0.492 e. The summed E-state index contributed by atoms with van der Waals surface area (Å²) in [6, 6.07) is 22.9. The van der Waals surface area contributed by atoms with Crippen LogP contribution in [-0.2, 0) is 37.3 Å². The molecule has 7 atom stereocenters. The Balaban J connectivity index is 1.23. The molecule has 12 heteroatoms. The summed E-state index contributed by atoms with van der Waals surface area (Å²) in [5.41, 5.74) is 2.02. The number of hydrogen-bond acceptors (Lipinski definition) is 10. The second-order valence-corrected chi connectivity index (χ2v) is 13.8. The predicted molar refractivity (Wildman–Crippen MR) is 188 cm³/mol. The van der Waals surface area contributed by atoms with Gasteiger partial charge in [-0.1, -0.05) is 66.7 Å². The van der Waals surface area contributed by atoms with Crippen LogP contribution in [0.3, 0.4) is 0 Å². The van der Waals surface area contributed by atoms with Gasteiger partial charge in [0.1, 0.15) is 18.5 Å². The van der Waals surface area contributed by atoms with E-state index in [-0.39, 0.29) is 32.0 Å². The van der Waals surface area contributed by atoms with Gasteiger partial charge in [-0.15, -0.1) is 0 Å². The van der Waals surface area contributed by atoms with Crippen molar-refractivity contribution in [3.8, 4) is 5.75 Å². The average molecular weight is 704 g/mol. The first kappa shape index (κ1) is 36.7. The fourth-order valence-electron chi connectivity index (χ4n) is 7.10. The van der Waals surface area contributed by atoms with Crippen molar-refractivity contribution >= 4 is 12.0 Å². The number of carbonyl (C=O) groups is 2. The summed E-state index contributed by atoms with van der Waals surface area (Å²) < 4.78 is 22.1. The number of nitrogens with zero attached hydrogens (tertiary/aromatic N) is 1. The summed E-state index contributed by atoms with van der Waals surface area (Å²) in [6.45, 7) is 6.34. The van der Waals surface area contributed by atoms with Gasteiger partial charge in [0.15, 0.2) is 6.10 Å². The monoisotopic (exact) mass is 703 g/mol. The first-order valence-corrected chi connectivity index (χ1v) is 17.7. The highest BCUT2D eigenvalue weighted by Gasteiger charge is 2.43. The SMILES string of the molecule is C[C@](C[C@H](O)[C@H](Cc1ccccc1)NC(=O)O[C@@H]1COC[C@@H]1O)(C(=O)N[C@H]1c2ccccc2C[C@H]1O)c1ccc(OCCN2CCOCC2)cc1. The molecule has 6 rings (SSSR count). The van der Waals surface area contributed by atoms with E-state index in [1.54, 1.807) is 6.92 Å². The van der Waals surface area contributed by atoms with Gasteiger partial charge in [-0.25, -0.2) is 4.79 Å². The number of rotatable bonds is 14. The van der Waals surface area contributed by atoms with Crippen molar-refractivity contribution in [1.82, 2.24) is 15.5 Å². The number of amides is 2. The lowest BCUT2D eigenvalue weighted by atomic mass is 9.75. The third-order valence-electron chi connectivity index (χ3n) is 10.2. The standard InChI is InChI=1S/C39H49N3O9/c1-39(37(46)41-36-30-10-6-5-9-27(30)22-32(36)43,28-11-13-29(14-12-28)50-20-17-42-15-18-48-19-16-42)23-33(44)31(21-26-7-3-2-4-8-26)40-38(47)51-35-25-49-24-34(35)45/h2-14,31-36,43-45H,15-25H2,1H3,(H,40,47)(H,41,46)/t31-,32+,33-,34-,35+,36-,39+/m0/s1. The number of nitrogens with one attached hydrogen (secondary N) is 2. The molecular weight excluding hydrogens is 654 g/mol. The maximum Gasteiger partial charge on any atom is 0.407 e. The number of benzene rings is 3. The molecule has 1 aliphatic carbocycles. The van der Waals surface area contributed by atoms with Gasteiger partial charge in [0, 0.05) is 26.1 Å². The van der Waals surface area contributed by atoms with E-state index in [9.17, 15) is 24.9 Å². The lowest BCUT2D eigenvalue weighted by Gasteiger charge is -2.35. The highest BCUT2D eigenvalue weighted by atomic mass is 16.6. The number of aliphatic hydroxyl groups is 3. The van der Waals surface area contributed by atoms with Gasteiger partial charge in [-0.3, -0.25) is 9.69 Å². The van der Waals surface area contributed by atoms with Crippen molar-refractivity contribution in [2.24, 2.45) is 0 Å². The molecule has 51 heavy (non-hydrogen) atoms. The summed E-state index contributed by atoms with van der Waals surface area (Å²) in [7, 11) is 0. The lowest BCUT2D eigenvalue weighted by Crippen LogP contribution is -2.52. The summed E-state index contributed by atoms with van der Waals surface area (Å²) >= 11 is 0. The molecule has 2 amide bonds. The highest BCUT2D eigenvalue weighted by molar-refractivity contribution is 5.88. The Hall–Kier alpha value is -4.04. The van der Waals surface area contributed by atoms with Crippen molar-refractivity contribution in [3.05, 3.63) is 101 Å². The van der Waals surface area contributed by atoms with Gasteiger partial charge in [-0.2, -0.15) is 0 Å². The molecule has 2 heterocycles. The molecule has 2 fully saturated rings. The smallest absolute Gasteiger partial charge is 0.407 e.